The van der Waals surface area contributed by atoms with Gasteiger partial charge in [0.25, 0.3) is 0 Å². The van der Waals surface area contributed by atoms with Crippen LogP contribution >= 0.6 is 35.6 Å². The third kappa shape index (κ3) is 5.60. The first-order valence-corrected chi connectivity index (χ1v) is 10.9. The highest BCUT2D eigenvalue weighted by Gasteiger charge is 2.25. The molecule has 31 heavy (non-hydrogen) atoms. The van der Waals surface area contributed by atoms with E-state index in [2.05, 4.69) is 49.1 Å². The van der Waals surface area contributed by atoms with Gasteiger partial charge < -0.3 is 20.1 Å². The van der Waals surface area contributed by atoms with E-state index in [1.54, 1.807) is 6.20 Å². The van der Waals surface area contributed by atoms with E-state index in [9.17, 15) is 0 Å². The molecule has 0 saturated carbocycles. The van der Waals surface area contributed by atoms with Crippen molar-refractivity contribution in [1.29, 1.82) is 0 Å². The van der Waals surface area contributed by atoms with E-state index in [1.165, 1.54) is 0 Å². The maximum Gasteiger partial charge on any atom is 0.191 e. The van der Waals surface area contributed by atoms with Crippen molar-refractivity contribution in [2.45, 2.75) is 32.9 Å². The minimum atomic E-state index is 0. The number of benzene rings is 1. The van der Waals surface area contributed by atoms with E-state index in [0.29, 0.717) is 17.6 Å². The normalized spacial score (nSPS) is 16.4. The first-order valence-electron chi connectivity index (χ1n) is 10.5. The molecule has 1 aromatic carbocycles. The number of hydrogen-bond acceptors (Lipinski definition) is 4. The van der Waals surface area contributed by atoms with Crippen LogP contribution in [-0.4, -0.2) is 52.7 Å². The Morgan fingerprint density at radius 2 is 2.10 bits per heavy atom. The monoisotopic (exact) mass is 553 g/mol. The van der Waals surface area contributed by atoms with E-state index in [-0.39, 0.29) is 24.0 Å². The topological polar surface area (TPSA) is 70.4 Å². The molecular weight excluding hydrogens is 525 g/mol. The standard InChI is InChI=1S/C22H28ClN7.HI/c1-3-24-22(26-12-14-30-16(2)27-19-8-4-5-9-20(19)30)28-17-10-13-29(15-17)21-18(23)7-6-11-25-21;/h4-9,11,17H,3,10,12-15H2,1-2H3,(H2,24,26,28);1H. The summed E-state index contributed by atoms with van der Waals surface area (Å²) in [5, 5.41) is 7.63. The highest BCUT2D eigenvalue weighted by molar-refractivity contribution is 14.0. The van der Waals surface area contributed by atoms with Crippen molar-refractivity contribution in [1.82, 2.24) is 25.2 Å². The van der Waals surface area contributed by atoms with Gasteiger partial charge >= 0.3 is 0 Å². The Bertz CT molecular complexity index is 1040. The Morgan fingerprint density at radius 1 is 1.26 bits per heavy atom. The SMILES string of the molecule is CCNC(=NCCn1c(C)nc2ccccc21)NC1CCN(c2ncccc2Cl)C1.I. The fourth-order valence-electron chi connectivity index (χ4n) is 3.93. The van der Waals surface area contributed by atoms with E-state index in [4.69, 9.17) is 16.6 Å². The van der Waals surface area contributed by atoms with Crippen LogP contribution < -0.4 is 15.5 Å². The largest absolute Gasteiger partial charge is 0.357 e. The van der Waals surface area contributed by atoms with Crippen LogP contribution in [0.5, 0.6) is 0 Å². The quantitative estimate of drug-likeness (QED) is 0.276. The highest BCUT2D eigenvalue weighted by atomic mass is 127. The lowest BCUT2D eigenvalue weighted by Gasteiger charge is -2.20. The molecule has 2 N–H and O–H groups in total. The number of imidazole rings is 1. The summed E-state index contributed by atoms with van der Waals surface area (Å²) in [5.41, 5.74) is 2.19. The second-order valence-electron chi connectivity index (χ2n) is 7.44. The molecule has 3 heterocycles. The number of nitrogens with one attached hydrogen (secondary N) is 2. The molecule has 1 atom stereocenters. The Morgan fingerprint density at radius 3 is 2.90 bits per heavy atom. The van der Waals surface area contributed by atoms with Gasteiger partial charge in [0.05, 0.1) is 22.6 Å². The number of rotatable bonds is 6. The third-order valence-corrected chi connectivity index (χ3v) is 5.65. The maximum atomic E-state index is 6.31. The summed E-state index contributed by atoms with van der Waals surface area (Å²) < 4.78 is 2.22. The van der Waals surface area contributed by atoms with Crippen LogP contribution in [0.25, 0.3) is 11.0 Å². The lowest BCUT2D eigenvalue weighted by molar-refractivity contribution is 0.641. The third-order valence-electron chi connectivity index (χ3n) is 5.35. The summed E-state index contributed by atoms with van der Waals surface area (Å²) in [6.07, 6.45) is 2.80. The molecule has 4 rings (SSSR count). The van der Waals surface area contributed by atoms with Crippen LogP contribution in [0, 0.1) is 6.92 Å². The fraction of sp³-hybridized carbons (Fsp3) is 0.409. The average molecular weight is 554 g/mol. The van der Waals surface area contributed by atoms with E-state index >= 15 is 0 Å². The number of guanidine groups is 1. The fourth-order valence-corrected chi connectivity index (χ4v) is 4.17. The van der Waals surface area contributed by atoms with Gasteiger partial charge in [0.1, 0.15) is 11.6 Å². The van der Waals surface area contributed by atoms with Gasteiger partial charge in [-0.25, -0.2) is 9.97 Å². The van der Waals surface area contributed by atoms with Crippen LogP contribution in [0.4, 0.5) is 5.82 Å². The van der Waals surface area contributed by atoms with Crippen molar-refractivity contribution < 1.29 is 0 Å². The summed E-state index contributed by atoms with van der Waals surface area (Å²) in [4.78, 5) is 16.1. The number of halogens is 2. The predicted molar refractivity (Wildman–Crippen MR) is 139 cm³/mol. The zero-order chi connectivity index (χ0) is 20.9. The van der Waals surface area contributed by atoms with Crippen molar-refractivity contribution in [3.63, 3.8) is 0 Å². The van der Waals surface area contributed by atoms with Crippen molar-refractivity contribution >= 4 is 58.4 Å². The molecule has 1 saturated heterocycles. The minimum absolute atomic E-state index is 0. The maximum absolute atomic E-state index is 6.31. The molecule has 2 aromatic heterocycles. The second kappa shape index (κ2) is 11.0. The van der Waals surface area contributed by atoms with E-state index in [1.807, 2.05) is 31.2 Å². The van der Waals surface area contributed by atoms with Gasteiger partial charge in [0.2, 0.25) is 0 Å². The summed E-state index contributed by atoms with van der Waals surface area (Å²) in [5.74, 6) is 2.72. The van der Waals surface area contributed by atoms with Gasteiger partial charge in [-0.15, -0.1) is 24.0 Å². The zero-order valence-corrected chi connectivity index (χ0v) is 21.0. The van der Waals surface area contributed by atoms with E-state index in [0.717, 1.165) is 61.2 Å². The molecule has 0 amide bonds. The average Bonchev–Trinajstić information content (AvgIpc) is 3.33. The minimum Gasteiger partial charge on any atom is -0.357 e. The number of pyridine rings is 1. The van der Waals surface area contributed by atoms with Crippen molar-refractivity contribution in [2.75, 3.05) is 31.1 Å². The molecule has 1 aliphatic heterocycles. The molecule has 1 fully saturated rings. The highest BCUT2D eigenvalue weighted by Crippen LogP contribution is 2.25. The van der Waals surface area contributed by atoms with Gasteiger partial charge in [0.15, 0.2) is 5.96 Å². The number of anilines is 1. The molecule has 1 unspecified atom stereocenters. The number of aryl methyl sites for hydroxylation is 1. The Balaban J connectivity index is 0.00000272. The van der Waals surface area contributed by atoms with Gasteiger partial charge in [-0.1, -0.05) is 23.7 Å². The molecule has 3 aromatic rings. The van der Waals surface area contributed by atoms with Gasteiger partial charge in [0, 0.05) is 38.4 Å². The van der Waals surface area contributed by atoms with Crippen LogP contribution in [0.3, 0.4) is 0 Å². The molecule has 0 radical (unpaired) electrons. The molecule has 0 spiro atoms. The van der Waals surface area contributed by atoms with Crippen LogP contribution in [0.1, 0.15) is 19.2 Å². The Labute approximate surface area is 205 Å². The van der Waals surface area contributed by atoms with Crippen LogP contribution in [-0.2, 0) is 6.54 Å². The molecule has 1 aliphatic rings. The molecule has 9 heteroatoms. The smallest absolute Gasteiger partial charge is 0.191 e. The molecular formula is C22H29ClIN7. The van der Waals surface area contributed by atoms with Crippen LogP contribution in [0.15, 0.2) is 47.6 Å². The predicted octanol–water partition coefficient (Wildman–Crippen LogP) is 3.85. The molecule has 7 nitrogen and oxygen atoms in total. The van der Waals surface area contributed by atoms with Crippen molar-refractivity contribution in [2.24, 2.45) is 4.99 Å². The number of hydrogen-bond donors (Lipinski definition) is 2. The van der Waals surface area contributed by atoms with Crippen molar-refractivity contribution in [3.8, 4) is 0 Å². The van der Waals surface area contributed by atoms with Crippen LogP contribution in [0.2, 0.25) is 5.02 Å². The van der Waals surface area contributed by atoms with Gasteiger partial charge in [-0.3, -0.25) is 4.99 Å². The summed E-state index contributed by atoms with van der Waals surface area (Å²) in [6, 6.07) is 12.3. The lowest BCUT2D eigenvalue weighted by Crippen LogP contribution is -2.44. The number of nitrogens with zero attached hydrogens (tertiary/aromatic N) is 5. The second-order valence-corrected chi connectivity index (χ2v) is 7.85. The number of fused-ring (bicyclic) bond motifs is 1. The Hall–Kier alpha value is -2.07. The molecule has 0 aliphatic carbocycles. The molecule has 0 bridgehead atoms. The van der Waals surface area contributed by atoms with Gasteiger partial charge in [-0.05, 0) is 44.5 Å². The van der Waals surface area contributed by atoms with Crippen molar-refractivity contribution in [3.05, 3.63) is 53.4 Å². The lowest BCUT2D eigenvalue weighted by atomic mass is 10.3. The van der Waals surface area contributed by atoms with Gasteiger partial charge in [-0.2, -0.15) is 0 Å². The summed E-state index contributed by atoms with van der Waals surface area (Å²) >= 11 is 6.31. The van der Waals surface area contributed by atoms with E-state index < -0.39 is 0 Å². The first-order chi connectivity index (χ1) is 14.7. The Kier molecular flexibility index (Phi) is 8.36. The number of aromatic nitrogens is 3. The summed E-state index contributed by atoms with van der Waals surface area (Å²) in [7, 11) is 0. The zero-order valence-electron chi connectivity index (χ0n) is 17.9. The first kappa shape index (κ1) is 23.6. The number of aliphatic imine (C=N–C) groups is 1. The molecule has 166 valence electrons. The number of para-hydroxylation sites is 2. The summed E-state index contributed by atoms with van der Waals surface area (Å²) in [6.45, 7) is 8.20.